The fraction of sp³-hybridized carbons (Fsp3) is 0.400. The largest absolute Gasteiger partial charge is 0.494 e. The minimum Gasteiger partial charge on any atom is -0.494 e. The Balaban J connectivity index is 1.35. The fourth-order valence-corrected chi connectivity index (χ4v) is 3.51. The second-order valence-corrected chi connectivity index (χ2v) is 7.06. The van der Waals surface area contributed by atoms with Gasteiger partial charge in [0.05, 0.1) is 22.3 Å². The van der Waals surface area contributed by atoms with E-state index in [1.165, 1.54) is 0 Å². The molecule has 0 amide bonds. The highest BCUT2D eigenvalue weighted by molar-refractivity contribution is 6.43. The van der Waals surface area contributed by atoms with Gasteiger partial charge in [-0.2, -0.15) is 0 Å². The predicted molar refractivity (Wildman–Crippen MR) is 106 cm³/mol. The van der Waals surface area contributed by atoms with Crippen LogP contribution in [0.3, 0.4) is 0 Å². The van der Waals surface area contributed by atoms with Crippen LogP contribution in [-0.2, 0) is 0 Å². The van der Waals surface area contributed by atoms with Gasteiger partial charge in [-0.3, -0.25) is 4.90 Å². The molecule has 1 aliphatic rings. The average molecular weight is 379 g/mol. The number of nitrogens with zero attached hydrogens (tertiary/aromatic N) is 2. The summed E-state index contributed by atoms with van der Waals surface area (Å²) in [4.78, 5) is 4.83. The van der Waals surface area contributed by atoms with E-state index in [0.717, 1.165) is 63.6 Å². The average Bonchev–Trinajstić information content (AvgIpc) is 2.65. The van der Waals surface area contributed by atoms with Crippen LogP contribution in [-0.4, -0.2) is 44.2 Å². The lowest BCUT2D eigenvalue weighted by molar-refractivity contribution is 0.238. The third-order valence-corrected chi connectivity index (χ3v) is 5.33. The smallest absolute Gasteiger partial charge is 0.119 e. The molecule has 0 unspecified atom stereocenters. The maximum absolute atomic E-state index is 6.33. The van der Waals surface area contributed by atoms with Crippen molar-refractivity contribution in [3.8, 4) is 5.75 Å². The van der Waals surface area contributed by atoms with Gasteiger partial charge in [0.15, 0.2) is 0 Å². The molecule has 0 atom stereocenters. The molecule has 0 radical (unpaired) electrons. The normalized spacial score (nSPS) is 15.4. The summed E-state index contributed by atoms with van der Waals surface area (Å²) in [6, 6.07) is 15.8. The van der Waals surface area contributed by atoms with Gasteiger partial charge >= 0.3 is 0 Å². The Morgan fingerprint density at radius 2 is 1.60 bits per heavy atom. The van der Waals surface area contributed by atoms with Gasteiger partial charge in [-0.1, -0.05) is 47.5 Å². The third-order valence-electron chi connectivity index (χ3n) is 4.52. The van der Waals surface area contributed by atoms with E-state index >= 15 is 0 Å². The van der Waals surface area contributed by atoms with Crippen molar-refractivity contribution >= 4 is 28.9 Å². The van der Waals surface area contributed by atoms with E-state index in [-0.39, 0.29) is 0 Å². The molecule has 1 saturated heterocycles. The number of benzene rings is 2. The topological polar surface area (TPSA) is 15.7 Å². The first-order valence-corrected chi connectivity index (χ1v) is 9.59. The van der Waals surface area contributed by atoms with Gasteiger partial charge < -0.3 is 9.64 Å². The maximum atomic E-state index is 6.33. The van der Waals surface area contributed by atoms with Crippen LogP contribution >= 0.6 is 23.2 Å². The summed E-state index contributed by atoms with van der Waals surface area (Å²) in [6.07, 6.45) is 2.24. The summed E-state index contributed by atoms with van der Waals surface area (Å²) in [6.45, 7) is 5.99. The van der Waals surface area contributed by atoms with E-state index in [4.69, 9.17) is 27.9 Å². The lowest BCUT2D eigenvalue weighted by Gasteiger charge is -2.36. The van der Waals surface area contributed by atoms with Crippen LogP contribution in [0.1, 0.15) is 12.8 Å². The predicted octanol–water partition coefficient (Wildman–Crippen LogP) is 4.97. The summed E-state index contributed by atoms with van der Waals surface area (Å²) in [5, 5.41) is 1.29. The number of ether oxygens (including phenoxy) is 1. The highest BCUT2D eigenvalue weighted by atomic mass is 35.5. The summed E-state index contributed by atoms with van der Waals surface area (Å²) >= 11 is 12.5. The van der Waals surface area contributed by atoms with Crippen LogP contribution in [0.25, 0.3) is 0 Å². The Kier molecular flexibility index (Phi) is 6.85. The summed E-state index contributed by atoms with van der Waals surface area (Å²) in [5.41, 5.74) is 1.05. The second kappa shape index (κ2) is 9.33. The van der Waals surface area contributed by atoms with Crippen LogP contribution in [0.5, 0.6) is 5.75 Å². The molecule has 2 aromatic carbocycles. The van der Waals surface area contributed by atoms with E-state index in [0.29, 0.717) is 10.0 Å². The van der Waals surface area contributed by atoms with Crippen molar-refractivity contribution < 1.29 is 4.74 Å². The first kappa shape index (κ1) is 18.4. The van der Waals surface area contributed by atoms with E-state index in [2.05, 4.69) is 9.80 Å². The number of rotatable bonds is 7. The van der Waals surface area contributed by atoms with Crippen molar-refractivity contribution in [2.75, 3.05) is 44.2 Å². The number of piperazine rings is 1. The van der Waals surface area contributed by atoms with Gasteiger partial charge in [0, 0.05) is 26.2 Å². The van der Waals surface area contributed by atoms with E-state index in [1.807, 2.05) is 48.5 Å². The molecule has 134 valence electrons. The van der Waals surface area contributed by atoms with Gasteiger partial charge in [0.2, 0.25) is 0 Å². The zero-order chi connectivity index (χ0) is 17.5. The van der Waals surface area contributed by atoms with Gasteiger partial charge in [-0.25, -0.2) is 0 Å². The van der Waals surface area contributed by atoms with Crippen molar-refractivity contribution in [1.29, 1.82) is 0 Å². The van der Waals surface area contributed by atoms with Crippen molar-refractivity contribution in [3.05, 3.63) is 58.6 Å². The minimum absolute atomic E-state index is 0.625. The number of hydrogen-bond donors (Lipinski definition) is 0. The van der Waals surface area contributed by atoms with Crippen molar-refractivity contribution in [3.63, 3.8) is 0 Å². The van der Waals surface area contributed by atoms with Crippen molar-refractivity contribution in [1.82, 2.24) is 4.90 Å². The van der Waals surface area contributed by atoms with E-state index in [1.54, 1.807) is 0 Å². The molecule has 1 aliphatic heterocycles. The number of para-hydroxylation sites is 1. The van der Waals surface area contributed by atoms with Crippen LogP contribution in [0.15, 0.2) is 48.5 Å². The Bertz CT molecular complexity index is 658. The van der Waals surface area contributed by atoms with Gasteiger partial charge in [-0.05, 0) is 43.7 Å². The van der Waals surface area contributed by atoms with E-state index < -0.39 is 0 Å². The van der Waals surface area contributed by atoms with Crippen molar-refractivity contribution in [2.45, 2.75) is 12.8 Å². The highest BCUT2D eigenvalue weighted by Gasteiger charge is 2.19. The summed E-state index contributed by atoms with van der Waals surface area (Å²) in [7, 11) is 0. The molecule has 1 heterocycles. The number of anilines is 1. The monoisotopic (exact) mass is 378 g/mol. The molecule has 0 bridgehead atoms. The fourth-order valence-electron chi connectivity index (χ4n) is 3.09. The molecule has 0 saturated carbocycles. The Labute approximate surface area is 160 Å². The molecule has 0 aromatic heterocycles. The Morgan fingerprint density at radius 3 is 2.36 bits per heavy atom. The van der Waals surface area contributed by atoms with Crippen LogP contribution < -0.4 is 9.64 Å². The van der Waals surface area contributed by atoms with Gasteiger partial charge in [0.1, 0.15) is 5.75 Å². The zero-order valence-corrected chi connectivity index (χ0v) is 15.8. The van der Waals surface area contributed by atoms with E-state index in [9.17, 15) is 0 Å². The lowest BCUT2D eigenvalue weighted by Crippen LogP contribution is -2.46. The number of halogens is 2. The van der Waals surface area contributed by atoms with Crippen molar-refractivity contribution in [2.24, 2.45) is 0 Å². The van der Waals surface area contributed by atoms with Crippen LogP contribution in [0.4, 0.5) is 5.69 Å². The molecule has 5 heteroatoms. The summed E-state index contributed by atoms with van der Waals surface area (Å²) in [5.74, 6) is 0.953. The molecule has 1 fully saturated rings. The van der Waals surface area contributed by atoms with Gasteiger partial charge in [-0.15, -0.1) is 0 Å². The standard InChI is InChI=1S/C20H24Cl2N2O/c21-18-9-6-10-19(20(18)22)24-14-12-23(13-15-24)11-4-5-16-25-17-7-2-1-3-8-17/h1-3,6-10H,4-5,11-16H2. The minimum atomic E-state index is 0.625. The molecular formula is C20H24Cl2N2O. The number of unbranched alkanes of at least 4 members (excludes halogenated alkanes) is 1. The highest BCUT2D eigenvalue weighted by Crippen LogP contribution is 2.32. The molecule has 0 spiro atoms. The van der Waals surface area contributed by atoms with Gasteiger partial charge in [0.25, 0.3) is 0 Å². The van der Waals surface area contributed by atoms with Crippen LogP contribution in [0.2, 0.25) is 10.0 Å². The molecule has 0 N–H and O–H groups in total. The Morgan fingerprint density at radius 1 is 0.840 bits per heavy atom. The third kappa shape index (κ3) is 5.27. The first-order chi connectivity index (χ1) is 12.2. The quantitative estimate of drug-likeness (QED) is 0.632. The molecule has 2 aromatic rings. The Hall–Kier alpha value is -1.42. The maximum Gasteiger partial charge on any atom is 0.119 e. The number of hydrogen-bond acceptors (Lipinski definition) is 3. The molecule has 25 heavy (non-hydrogen) atoms. The first-order valence-electron chi connectivity index (χ1n) is 8.83. The molecule has 3 nitrogen and oxygen atoms in total. The zero-order valence-electron chi connectivity index (χ0n) is 14.3. The molecular weight excluding hydrogens is 355 g/mol. The SMILES string of the molecule is Clc1cccc(N2CCN(CCCCOc3ccccc3)CC2)c1Cl. The molecule has 0 aliphatic carbocycles. The summed E-state index contributed by atoms with van der Waals surface area (Å²) < 4.78 is 5.74. The lowest BCUT2D eigenvalue weighted by atomic mass is 10.2. The van der Waals surface area contributed by atoms with Crippen LogP contribution in [0, 0.1) is 0 Å². The molecule has 3 rings (SSSR count). The second-order valence-electron chi connectivity index (χ2n) is 6.27.